The molecule has 0 spiro atoms. The monoisotopic (exact) mass is 530 g/mol. The average molecular weight is 530 g/mol. The first-order chi connectivity index (χ1) is 18.2. The quantitative estimate of drug-likeness (QED) is 0.185. The number of methoxy groups -OCH3 is 2. The number of aliphatic hydroxyl groups excluding tert-OH is 3. The van der Waals surface area contributed by atoms with Gasteiger partial charge in [0, 0.05) is 23.6 Å². The third kappa shape index (κ3) is 5.89. The molecule has 4 rings (SSSR count). The van der Waals surface area contributed by atoms with Crippen molar-refractivity contribution in [2.45, 2.75) is 30.7 Å². The van der Waals surface area contributed by atoms with E-state index >= 15 is 0 Å². The van der Waals surface area contributed by atoms with Crippen LogP contribution in [-0.4, -0.2) is 77.9 Å². The smallest absolute Gasteiger partial charge is 0.336 e. The Balaban J connectivity index is 1.44. The van der Waals surface area contributed by atoms with Crippen LogP contribution in [0.25, 0.3) is 17.0 Å². The third-order valence-electron chi connectivity index (χ3n) is 5.82. The van der Waals surface area contributed by atoms with Gasteiger partial charge in [0.1, 0.15) is 36.6 Å². The van der Waals surface area contributed by atoms with Crippen LogP contribution in [-0.2, 0) is 14.3 Å². The minimum absolute atomic E-state index is 0.0324. The van der Waals surface area contributed by atoms with E-state index in [-0.39, 0.29) is 28.6 Å². The van der Waals surface area contributed by atoms with Gasteiger partial charge in [0.05, 0.1) is 14.2 Å². The van der Waals surface area contributed by atoms with Crippen molar-refractivity contribution in [3.8, 4) is 23.0 Å². The summed E-state index contributed by atoms with van der Waals surface area (Å²) < 4.78 is 31.9. The van der Waals surface area contributed by atoms with E-state index in [4.69, 9.17) is 28.1 Å². The number of carbonyl (C=O) groups excluding carboxylic acids is 1. The molecule has 38 heavy (non-hydrogen) atoms. The van der Waals surface area contributed by atoms with Crippen LogP contribution in [0.1, 0.15) is 5.56 Å². The number of ether oxygens (including phenoxy) is 5. The maximum atomic E-state index is 12.2. The number of carbonyl (C=O) groups is 1. The normalized spacial score (nSPS) is 23.3. The zero-order chi connectivity index (χ0) is 27.4. The summed E-state index contributed by atoms with van der Waals surface area (Å²) in [4.78, 5) is 23.8. The van der Waals surface area contributed by atoms with E-state index < -0.39 is 48.9 Å². The number of hydrogen-bond donors (Lipinski definition) is 4. The summed E-state index contributed by atoms with van der Waals surface area (Å²) >= 11 is 0. The van der Waals surface area contributed by atoms with Gasteiger partial charge in [0.15, 0.2) is 23.0 Å². The van der Waals surface area contributed by atoms with Crippen LogP contribution in [0.5, 0.6) is 23.0 Å². The van der Waals surface area contributed by atoms with Gasteiger partial charge in [-0.2, -0.15) is 0 Å². The van der Waals surface area contributed by atoms with Crippen molar-refractivity contribution in [2.24, 2.45) is 0 Å². The molecule has 2 heterocycles. The number of hydrogen-bond acceptors (Lipinski definition) is 12. The number of esters is 1. The predicted octanol–water partition coefficient (Wildman–Crippen LogP) is 0.959. The van der Waals surface area contributed by atoms with Crippen LogP contribution in [0.4, 0.5) is 0 Å². The van der Waals surface area contributed by atoms with Gasteiger partial charge in [-0.25, -0.2) is 9.59 Å². The fourth-order valence-electron chi connectivity index (χ4n) is 3.78. The van der Waals surface area contributed by atoms with E-state index in [2.05, 4.69) is 0 Å². The number of rotatable bonds is 8. The fraction of sp³-hybridized carbons (Fsp3) is 0.308. The van der Waals surface area contributed by atoms with Gasteiger partial charge in [0.25, 0.3) is 0 Å². The minimum Gasteiger partial charge on any atom is -0.504 e. The van der Waals surface area contributed by atoms with E-state index in [1.807, 2.05) is 0 Å². The molecule has 0 bridgehead atoms. The van der Waals surface area contributed by atoms with Gasteiger partial charge in [-0.1, -0.05) is 6.07 Å². The number of phenolic OH excluding ortho intramolecular Hbond substituents is 1. The molecule has 12 heteroatoms. The molecule has 202 valence electrons. The molecule has 0 saturated carbocycles. The van der Waals surface area contributed by atoms with E-state index in [0.717, 1.165) is 6.08 Å². The minimum atomic E-state index is -1.69. The first-order valence-electron chi connectivity index (χ1n) is 11.4. The molecule has 5 unspecified atom stereocenters. The summed E-state index contributed by atoms with van der Waals surface area (Å²) in [6, 6.07) is 10.2. The second-order valence-corrected chi connectivity index (χ2v) is 8.32. The highest BCUT2D eigenvalue weighted by Gasteiger charge is 2.45. The fourth-order valence-corrected chi connectivity index (χ4v) is 3.78. The summed E-state index contributed by atoms with van der Waals surface area (Å²) in [6.07, 6.45) is -5.18. The number of aliphatic hydroxyl groups is 3. The highest BCUT2D eigenvalue weighted by Crippen LogP contribution is 2.34. The standard InChI is InChI=1S/C26H26O12/c1-33-17-9-13(3-6-15(17)27)4-7-21(28)35-12-20-23(30)24(31)25(32)26(38-20)37-19-11-16-14(10-18(19)34-2)5-8-22(29)36-16/h3-11,20,23-27,30-32H,12H2,1-2H3. The first-order valence-corrected chi connectivity index (χ1v) is 11.4. The maximum absolute atomic E-state index is 12.2. The van der Waals surface area contributed by atoms with Gasteiger partial charge >= 0.3 is 11.6 Å². The van der Waals surface area contributed by atoms with Crippen LogP contribution in [0.15, 0.2) is 57.8 Å². The third-order valence-corrected chi connectivity index (χ3v) is 5.82. The second kappa shape index (κ2) is 11.5. The van der Waals surface area contributed by atoms with Gasteiger partial charge in [0.2, 0.25) is 6.29 Å². The lowest BCUT2D eigenvalue weighted by molar-refractivity contribution is -0.278. The lowest BCUT2D eigenvalue weighted by atomic mass is 9.99. The molecule has 1 aromatic heterocycles. The molecule has 1 aliphatic rings. The van der Waals surface area contributed by atoms with Gasteiger partial charge in [-0.15, -0.1) is 0 Å². The highest BCUT2D eigenvalue weighted by atomic mass is 16.7. The molecule has 1 aliphatic heterocycles. The van der Waals surface area contributed by atoms with Crippen LogP contribution in [0, 0.1) is 0 Å². The van der Waals surface area contributed by atoms with Crippen molar-refractivity contribution in [3.63, 3.8) is 0 Å². The number of fused-ring (bicyclic) bond motifs is 1. The molecule has 0 radical (unpaired) electrons. The molecule has 1 saturated heterocycles. The zero-order valence-electron chi connectivity index (χ0n) is 20.3. The van der Waals surface area contributed by atoms with Gasteiger partial charge < -0.3 is 48.5 Å². The Hall–Kier alpha value is -4.10. The summed E-state index contributed by atoms with van der Waals surface area (Å²) in [5.41, 5.74) is 0.155. The van der Waals surface area contributed by atoms with E-state index in [9.17, 15) is 30.0 Å². The largest absolute Gasteiger partial charge is 0.504 e. The van der Waals surface area contributed by atoms with Gasteiger partial charge in [-0.3, -0.25) is 0 Å². The van der Waals surface area contributed by atoms with Crippen LogP contribution >= 0.6 is 0 Å². The Kier molecular flexibility index (Phi) is 8.17. The summed E-state index contributed by atoms with van der Waals surface area (Å²) in [6.45, 7) is -0.476. The first kappa shape index (κ1) is 26.9. The number of phenols is 1. The van der Waals surface area contributed by atoms with Crippen molar-refractivity contribution < 1.29 is 53.3 Å². The Morgan fingerprint density at radius 2 is 1.71 bits per heavy atom. The van der Waals surface area contributed by atoms with Crippen LogP contribution in [0.2, 0.25) is 0 Å². The Labute approximate surface area is 215 Å². The van der Waals surface area contributed by atoms with Crippen molar-refractivity contribution in [3.05, 3.63) is 64.5 Å². The summed E-state index contributed by atoms with van der Waals surface area (Å²) in [5.74, 6) is -0.356. The second-order valence-electron chi connectivity index (χ2n) is 8.32. The van der Waals surface area contributed by atoms with E-state index in [1.165, 1.54) is 50.6 Å². The zero-order valence-corrected chi connectivity index (χ0v) is 20.3. The van der Waals surface area contributed by atoms with Crippen molar-refractivity contribution in [2.75, 3.05) is 20.8 Å². The lowest BCUT2D eigenvalue weighted by Gasteiger charge is -2.39. The highest BCUT2D eigenvalue weighted by molar-refractivity contribution is 5.87. The Morgan fingerprint density at radius 1 is 0.947 bits per heavy atom. The molecule has 2 aromatic carbocycles. The molecule has 4 N–H and O–H groups in total. The van der Waals surface area contributed by atoms with Crippen LogP contribution < -0.4 is 19.8 Å². The van der Waals surface area contributed by atoms with E-state index in [0.29, 0.717) is 10.9 Å². The molecule has 12 nitrogen and oxygen atoms in total. The number of aromatic hydroxyl groups is 1. The molecular formula is C26H26O12. The summed E-state index contributed by atoms with van der Waals surface area (Å²) in [5, 5.41) is 41.4. The molecular weight excluding hydrogens is 504 g/mol. The topological polar surface area (TPSA) is 174 Å². The lowest BCUT2D eigenvalue weighted by Crippen LogP contribution is -2.60. The Morgan fingerprint density at radius 3 is 2.45 bits per heavy atom. The molecule has 1 fully saturated rings. The van der Waals surface area contributed by atoms with E-state index in [1.54, 1.807) is 12.1 Å². The van der Waals surface area contributed by atoms with Gasteiger partial charge in [-0.05, 0) is 35.9 Å². The summed E-state index contributed by atoms with van der Waals surface area (Å²) in [7, 11) is 2.77. The number of benzene rings is 2. The van der Waals surface area contributed by atoms with Crippen LogP contribution in [0.3, 0.4) is 0 Å². The predicted molar refractivity (Wildman–Crippen MR) is 131 cm³/mol. The van der Waals surface area contributed by atoms with Crippen molar-refractivity contribution in [1.82, 2.24) is 0 Å². The maximum Gasteiger partial charge on any atom is 0.336 e. The van der Waals surface area contributed by atoms with Crippen molar-refractivity contribution in [1.29, 1.82) is 0 Å². The molecule has 0 aliphatic carbocycles. The molecule has 0 amide bonds. The molecule has 5 atom stereocenters. The molecule has 3 aromatic rings. The average Bonchev–Trinajstić information content (AvgIpc) is 2.91. The van der Waals surface area contributed by atoms with Crippen molar-refractivity contribution >= 4 is 23.0 Å². The SMILES string of the molecule is COc1cc(C=CC(=O)OCC2OC(Oc3cc4oc(=O)ccc4cc3OC)C(O)C(O)C2O)ccc1O. The Bertz CT molecular complexity index is 1380.